The van der Waals surface area contributed by atoms with Crippen LogP contribution in [0.5, 0.6) is 0 Å². The van der Waals surface area contributed by atoms with Crippen molar-refractivity contribution < 1.29 is 210 Å². The molecule has 9 nitrogen and oxygen atoms in total. The summed E-state index contributed by atoms with van der Waals surface area (Å²) in [6.45, 7) is 14.8. The van der Waals surface area contributed by atoms with Crippen molar-refractivity contribution >= 4 is 29.7 Å². The van der Waals surface area contributed by atoms with E-state index in [9.17, 15) is 191 Å². The fourth-order valence-electron chi connectivity index (χ4n) is 4.16. The average Bonchev–Trinajstić information content (AvgIpc) is 0.847. The Morgan fingerprint density at radius 3 is 0.910 bits per heavy atom. The van der Waals surface area contributed by atoms with Crippen LogP contribution in [0.25, 0.3) is 0 Å². The molecule has 0 rings (SSSR count). The van der Waals surface area contributed by atoms with Crippen LogP contribution in [0.1, 0.15) is 114 Å². The van der Waals surface area contributed by atoms with Gasteiger partial charge in [-0.05, 0) is 73.8 Å². The Hall–Kier alpha value is -7.19. The van der Waals surface area contributed by atoms with E-state index >= 15 is 0 Å². The molecular weight excluding hydrogens is 1500 g/mol. The first-order valence-electron chi connectivity index (χ1n) is 25.6. The number of ether oxygens (including phenoxy) is 4. The summed E-state index contributed by atoms with van der Waals surface area (Å²) in [6.07, 6.45) is -54.6. The summed E-state index contributed by atoms with van der Waals surface area (Å²) >= 11 is 0. The van der Waals surface area contributed by atoms with Gasteiger partial charge in [-0.3, -0.25) is 4.79 Å². The predicted octanol–water partition coefficient (Wildman–Crippen LogP) is 22.5. The van der Waals surface area contributed by atoms with Crippen molar-refractivity contribution in [1.82, 2.24) is 0 Å². The zero-order valence-electron chi connectivity index (χ0n) is 52.3. The van der Waals surface area contributed by atoms with E-state index in [0.717, 1.165) is 12.5 Å². The Bertz CT molecular complexity index is 2490. The van der Waals surface area contributed by atoms with Gasteiger partial charge in [-0.25, -0.2) is 67.5 Å². The lowest BCUT2D eigenvalue weighted by Gasteiger charge is -2.22. The average molecular weight is 1560 g/mol. The van der Waals surface area contributed by atoms with Crippen molar-refractivity contribution in [2.75, 3.05) is 7.11 Å². The molecule has 100 heavy (non-hydrogen) atoms. The van der Waals surface area contributed by atoms with Crippen LogP contribution in [0.4, 0.5) is 167 Å². The molecule has 0 atom stereocenters. The van der Waals surface area contributed by atoms with E-state index in [1.54, 1.807) is 6.92 Å². The molecule has 0 aliphatic heterocycles. The number of hydrogen-bond donors (Lipinski definition) is 0. The molecule has 0 aromatic rings. The molecule has 0 bridgehead atoms. The van der Waals surface area contributed by atoms with E-state index in [0.29, 0.717) is 6.92 Å². The molecule has 47 heteroatoms. The summed E-state index contributed by atoms with van der Waals surface area (Å²) in [4.78, 5) is 51.4. The highest BCUT2D eigenvalue weighted by atomic mass is 19.4. The van der Waals surface area contributed by atoms with Crippen LogP contribution >= 0.6 is 0 Å². The van der Waals surface area contributed by atoms with Crippen molar-refractivity contribution in [3.05, 3.63) is 95.5 Å². The van der Waals surface area contributed by atoms with Crippen LogP contribution in [0, 0.1) is 0 Å². The van der Waals surface area contributed by atoms with E-state index in [1.165, 1.54) is 45.3 Å². The fraction of sp³-hybridized carbons (Fsp3) is 0.604. The summed E-state index contributed by atoms with van der Waals surface area (Å²) in [6, 6.07) is 0. The third-order valence-electron chi connectivity index (χ3n) is 9.47. The van der Waals surface area contributed by atoms with Gasteiger partial charge in [-0.2, -0.15) is 119 Å². The van der Waals surface area contributed by atoms with Gasteiger partial charge in [0.15, 0.2) is 17.4 Å². The highest BCUT2D eigenvalue weighted by Gasteiger charge is 2.62. The van der Waals surface area contributed by atoms with Gasteiger partial charge in [0.05, 0.1) is 49.8 Å². The molecule has 0 heterocycles. The maximum atomic E-state index is 12.4. The van der Waals surface area contributed by atoms with Crippen molar-refractivity contribution in [1.29, 1.82) is 0 Å². The molecule has 0 aromatic carbocycles. The second-order valence-corrected chi connectivity index (χ2v) is 18.2. The molecule has 0 aliphatic rings. The zero-order chi connectivity index (χ0) is 82.2. The van der Waals surface area contributed by atoms with Crippen molar-refractivity contribution in [2.45, 2.75) is 199 Å². The van der Waals surface area contributed by atoms with E-state index in [1.807, 2.05) is 19.9 Å². The normalized spacial score (nSPS) is 13.9. The standard InChI is InChI=1S/C9H18.C7H6F8.C7H5F7O2.C7H8F6.2C6H2F8O2.C6H10O.C5H7FO2/c1-4-6-7-8-9(3)5-2;1-5(9,10)3-6(11,12)4(8)2-7(13,14)15;1-3(2-8)4(15)16-5(6(9,10)11)7(12,13)14;1-2-6(10,11)4-7(12,13)5(9)3-8;2*7-1-2(8)3(15)16-4(5(9,10)11)6(12,13)14;1-4-5(2)6(3)7;1-4(3-6)5(7)8-2/h5H,4,6-8H2,1-3H3;2H,3H2,1H3;2,5H,1H3;3H,2,4H2,1H3;2*1,4H;4H,1-3H3;3H,1-2H3/b9-5-;4-2+;3-2+;5-3+;2-1+;2-1-;5-4+;4-3+. The van der Waals surface area contributed by atoms with Gasteiger partial charge in [0, 0.05) is 6.42 Å². The molecule has 0 spiro atoms. The van der Waals surface area contributed by atoms with Crippen LogP contribution in [0.3, 0.4) is 0 Å². The topological polar surface area (TPSA) is 122 Å². The number of allylic oxidation sites excluding steroid dienone is 7. The van der Waals surface area contributed by atoms with Gasteiger partial charge in [0.25, 0.3) is 30.2 Å². The van der Waals surface area contributed by atoms with E-state index < -0.39 is 189 Å². The van der Waals surface area contributed by atoms with Gasteiger partial charge in [0.2, 0.25) is 11.7 Å². The number of unbranched alkanes of at least 4 members (excludes halogenated alkanes) is 2. The van der Waals surface area contributed by atoms with E-state index in [2.05, 4.69) is 45.8 Å². The van der Waals surface area contributed by atoms with E-state index in [-0.39, 0.29) is 24.6 Å². The SMILES string of the molecule is C/C(=C\F)C(=O)OC(C(F)(F)F)C(F)(F)F.C/C=C(/C)CCCCC.C/C=C(\C)C(C)=O.CC(F)(F)CC(F)(F)/C(F)=C\C(F)(F)F.CCC(F)(F)CC(F)(F)/C(F)=C\F.COC(=O)/C(C)=C/F.O=C(OC(C(F)(F)F)C(F)(F)F)/C(F)=C/F.O=C(OC(C(F)(F)F)C(F)(F)F)/C(F)=C\F. The predicted molar refractivity (Wildman–Crippen MR) is 273 cm³/mol. The Labute approximate surface area is 541 Å². The number of rotatable bonds is 19. The van der Waals surface area contributed by atoms with Crippen molar-refractivity contribution in [3.63, 3.8) is 0 Å². The third-order valence-corrected chi connectivity index (χ3v) is 9.47. The first kappa shape index (κ1) is 109. The molecule has 0 aliphatic carbocycles. The summed E-state index contributed by atoms with van der Waals surface area (Å²) in [5.74, 6) is -35.2. The number of methoxy groups -OCH3 is 1. The Kier molecular flexibility index (Phi) is 52.0. The van der Waals surface area contributed by atoms with Crippen LogP contribution in [-0.4, -0.2) is 122 Å². The second kappa shape index (κ2) is 47.8. The highest BCUT2D eigenvalue weighted by Crippen LogP contribution is 2.41. The zero-order valence-corrected chi connectivity index (χ0v) is 52.3. The minimum Gasteiger partial charge on any atom is -0.466 e. The fourth-order valence-corrected chi connectivity index (χ4v) is 4.16. The molecule has 0 saturated heterocycles. The quantitative estimate of drug-likeness (QED) is 0.0311. The van der Waals surface area contributed by atoms with Gasteiger partial charge in [0.1, 0.15) is 19.0 Å². The third kappa shape index (κ3) is 56.5. The summed E-state index contributed by atoms with van der Waals surface area (Å²) in [7, 11) is 1.20. The Morgan fingerprint density at radius 2 is 0.710 bits per heavy atom. The smallest absolute Gasteiger partial charge is 0.434 e. The number of carbonyl (C=O) groups excluding carboxylic acids is 5. The minimum absolute atomic E-state index is 0.0208. The first-order chi connectivity index (χ1) is 44.3. The number of ketones is 1. The number of halogens is 38. The van der Waals surface area contributed by atoms with Crippen molar-refractivity contribution in [3.8, 4) is 0 Å². The molecular formula is C53H58F38O9. The van der Waals surface area contributed by atoms with Gasteiger partial charge < -0.3 is 18.9 Å². The van der Waals surface area contributed by atoms with Gasteiger partial charge in [-0.15, -0.1) is 0 Å². The molecule has 0 amide bonds. The number of esters is 4. The number of Topliss-reactive ketones (excluding diaryl/α,β-unsaturated/α-hetero) is 1. The lowest BCUT2D eigenvalue weighted by molar-refractivity contribution is -0.313. The van der Waals surface area contributed by atoms with Crippen LogP contribution in [-0.2, 0) is 42.9 Å². The molecule has 0 radical (unpaired) electrons. The molecule has 0 N–H and O–H groups in total. The second-order valence-electron chi connectivity index (χ2n) is 18.2. The van der Waals surface area contributed by atoms with Gasteiger partial charge in [-0.1, -0.05) is 44.4 Å². The molecule has 0 unspecified atom stereocenters. The van der Waals surface area contributed by atoms with Gasteiger partial charge >= 0.3 is 79.0 Å². The number of alkyl halides is 29. The maximum Gasteiger partial charge on any atom is 0.434 e. The van der Waals surface area contributed by atoms with Crippen molar-refractivity contribution in [2.24, 2.45) is 0 Å². The highest BCUT2D eigenvalue weighted by molar-refractivity contribution is 5.92. The Morgan fingerprint density at radius 1 is 0.400 bits per heavy atom. The van der Waals surface area contributed by atoms with Crippen LogP contribution in [0.15, 0.2) is 95.5 Å². The summed E-state index contributed by atoms with van der Waals surface area (Å²) in [5, 5.41) is 0. The first-order valence-corrected chi connectivity index (χ1v) is 25.6. The summed E-state index contributed by atoms with van der Waals surface area (Å²) < 4.78 is 462. The molecule has 0 fully saturated rings. The van der Waals surface area contributed by atoms with Crippen LogP contribution < -0.4 is 0 Å². The minimum atomic E-state index is -5.97. The Balaban J connectivity index is -0.000000164. The lowest BCUT2D eigenvalue weighted by Crippen LogP contribution is -2.45. The summed E-state index contributed by atoms with van der Waals surface area (Å²) in [5.41, 5.74) is 1.34. The van der Waals surface area contributed by atoms with Crippen LogP contribution in [0.2, 0.25) is 0 Å². The molecule has 0 aromatic heterocycles. The maximum absolute atomic E-state index is 12.4. The lowest BCUT2D eigenvalue weighted by atomic mass is 10.1. The molecule has 590 valence electrons. The largest absolute Gasteiger partial charge is 0.466 e. The number of hydrogen-bond acceptors (Lipinski definition) is 9. The number of carbonyl (C=O) groups is 5. The molecule has 0 saturated carbocycles. The monoisotopic (exact) mass is 1560 g/mol. The van der Waals surface area contributed by atoms with E-state index in [4.69, 9.17) is 0 Å².